The molecule has 11 heavy (non-hydrogen) atoms. The van der Waals surface area contributed by atoms with Crippen LogP contribution in [0.15, 0.2) is 0 Å². The molecular weight excluding hydrogens is 164 g/mol. The van der Waals surface area contributed by atoms with Gasteiger partial charge in [0.15, 0.2) is 0 Å². The Labute approximate surface area is 72.9 Å². The fourth-order valence-corrected chi connectivity index (χ4v) is 0.928. The van der Waals surface area contributed by atoms with Crippen molar-refractivity contribution in [3.8, 4) is 0 Å². The van der Waals surface area contributed by atoms with E-state index in [1.807, 2.05) is 0 Å². The van der Waals surface area contributed by atoms with Gasteiger partial charge >= 0.3 is 0 Å². The maximum absolute atomic E-state index is 10.6. The number of methoxy groups -OCH3 is 1. The number of halogens is 1. The molecule has 0 N–H and O–H groups in total. The minimum atomic E-state index is -0.299. The SMILES string of the molecule is COCCCCC(Cl)C(C)=O. The van der Waals surface area contributed by atoms with E-state index in [1.54, 1.807) is 7.11 Å². The second kappa shape index (κ2) is 6.62. The van der Waals surface area contributed by atoms with Crippen molar-refractivity contribution in [2.75, 3.05) is 13.7 Å². The minimum absolute atomic E-state index is 0.0593. The molecule has 0 saturated carbocycles. The van der Waals surface area contributed by atoms with E-state index in [4.69, 9.17) is 16.3 Å². The van der Waals surface area contributed by atoms with Gasteiger partial charge in [-0.05, 0) is 26.2 Å². The minimum Gasteiger partial charge on any atom is -0.385 e. The average Bonchev–Trinajstić information content (AvgIpc) is 1.97. The van der Waals surface area contributed by atoms with Gasteiger partial charge in [0.2, 0.25) is 0 Å². The summed E-state index contributed by atoms with van der Waals surface area (Å²) in [5.41, 5.74) is 0. The zero-order valence-corrected chi connectivity index (χ0v) is 7.86. The molecule has 0 aromatic heterocycles. The van der Waals surface area contributed by atoms with E-state index in [-0.39, 0.29) is 11.2 Å². The Balaban J connectivity index is 3.17. The Morgan fingerprint density at radius 2 is 2.18 bits per heavy atom. The molecule has 2 nitrogen and oxygen atoms in total. The number of hydrogen-bond acceptors (Lipinski definition) is 2. The first-order valence-corrected chi connectivity index (χ1v) is 4.25. The van der Waals surface area contributed by atoms with Crippen molar-refractivity contribution < 1.29 is 9.53 Å². The summed E-state index contributed by atoms with van der Waals surface area (Å²) in [7, 11) is 1.67. The van der Waals surface area contributed by atoms with E-state index in [0.717, 1.165) is 25.9 Å². The highest BCUT2D eigenvalue weighted by Crippen LogP contribution is 2.08. The molecule has 0 radical (unpaired) electrons. The topological polar surface area (TPSA) is 26.3 Å². The largest absolute Gasteiger partial charge is 0.385 e. The Kier molecular flexibility index (Phi) is 6.57. The highest BCUT2D eigenvalue weighted by atomic mass is 35.5. The van der Waals surface area contributed by atoms with Crippen LogP contribution in [0.2, 0.25) is 0 Å². The lowest BCUT2D eigenvalue weighted by Crippen LogP contribution is -2.09. The molecule has 0 saturated heterocycles. The molecule has 0 amide bonds. The number of alkyl halides is 1. The fraction of sp³-hybridized carbons (Fsp3) is 0.875. The molecule has 3 heteroatoms. The predicted octanol–water partition coefficient (Wildman–Crippen LogP) is 2.00. The van der Waals surface area contributed by atoms with Crippen molar-refractivity contribution in [2.24, 2.45) is 0 Å². The van der Waals surface area contributed by atoms with Crippen molar-refractivity contribution >= 4 is 17.4 Å². The van der Waals surface area contributed by atoms with Crippen LogP contribution in [0.25, 0.3) is 0 Å². The van der Waals surface area contributed by atoms with Gasteiger partial charge in [0.25, 0.3) is 0 Å². The molecule has 0 aromatic carbocycles. The summed E-state index contributed by atoms with van der Waals surface area (Å²) in [6.45, 7) is 2.27. The Morgan fingerprint density at radius 3 is 2.64 bits per heavy atom. The molecule has 1 unspecified atom stereocenters. The quantitative estimate of drug-likeness (QED) is 0.460. The van der Waals surface area contributed by atoms with Gasteiger partial charge < -0.3 is 4.74 Å². The van der Waals surface area contributed by atoms with Crippen LogP contribution >= 0.6 is 11.6 Å². The summed E-state index contributed by atoms with van der Waals surface area (Å²) in [6, 6.07) is 0. The highest BCUT2D eigenvalue weighted by Gasteiger charge is 2.08. The monoisotopic (exact) mass is 178 g/mol. The fourth-order valence-electron chi connectivity index (χ4n) is 0.773. The summed E-state index contributed by atoms with van der Waals surface area (Å²) >= 11 is 5.70. The molecule has 0 heterocycles. The first-order chi connectivity index (χ1) is 5.18. The average molecular weight is 179 g/mol. The normalized spacial score (nSPS) is 13.0. The summed E-state index contributed by atoms with van der Waals surface area (Å²) in [4.78, 5) is 10.6. The zero-order chi connectivity index (χ0) is 8.69. The molecule has 1 atom stereocenters. The molecule has 0 fully saturated rings. The number of Topliss-reactive ketones (excluding diaryl/α,β-unsaturated/α-hetero) is 1. The number of ether oxygens (including phenoxy) is 1. The van der Waals surface area contributed by atoms with Gasteiger partial charge in [-0.2, -0.15) is 0 Å². The Morgan fingerprint density at radius 1 is 1.55 bits per heavy atom. The van der Waals surface area contributed by atoms with Crippen LogP contribution in [0, 0.1) is 0 Å². The second-order valence-electron chi connectivity index (χ2n) is 2.57. The van der Waals surface area contributed by atoms with Gasteiger partial charge in [-0.1, -0.05) is 0 Å². The van der Waals surface area contributed by atoms with Gasteiger partial charge in [-0.15, -0.1) is 11.6 Å². The van der Waals surface area contributed by atoms with Gasteiger partial charge in [-0.3, -0.25) is 4.79 Å². The lowest BCUT2D eigenvalue weighted by Gasteiger charge is -2.03. The zero-order valence-electron chi connectivity index (χ0n) is 7.10. The first-order valence-electron chi connectivity index (χ1n) is 3.82. The lowest BCUT2D eigenvalue weighted by molar-refractivity contribution is -0.116. The van der Waals surface area contributed by atoms with E-state index in [0.29, 0.717) is 0 Å². The van der Waals surface area contributed by atoms with Gasteiger partial charge in [0, 0.05) is 13.7 Å². The third-order valence-electron chi connectivity index (χ3n) is 1.50. The van der Waals surface area contributed by atoms with Crippen molar-refractivity contribution in [1.29, 1.82) is 0 Å². The second-order valence-corrected chi connectivity index (χ2v) is 3.09. The van der Waals surface area contributed by atoms with E-state index < -0.39 is 0 Å². The molecule has 0 aromatic rings. The van der Waals surface area contributed by atoms with Gasteiger partial charge in [-0.25, -0.2) is 0 Å². The van der Waals surface area contributed by atoms with Gasteiger partial charge in [0.1, 0.15) is 5.78 Å². The molecule has 0 bridgehead atoms. The van der Waals surface area contributed by atoms with E-state index in [1.165, 1.54) is 6.92 Å². The Bertz CT molecular complexity index is 115. The maximum Gasteiger partial charge on any atom is 0.147 e. The van der Waals surface area contributed by atoms with Crippen molar-refractivity contribution in [3.63, 3.8) is 0 Å². The van der Waals surface area contributed by atoms with Crippen LogP contribution in [0.1, 0.15) is 26.2 Å². The number of ketones is 1. The van der Waals surface area contributed by atoms with Crippen molar-refractivity contribution in [2.45, 2.75) is 31.6 Å². The third-order valence-corrected chi connectivity index (χ3v) is 2.02. The van der Waals surface area contributed by atoms with Crippen LogP contribution in [-0.4, -0.2) is 24.9 Å². The number of rotatable bonds is 6. The lowest BCUT2D eigenvalue weighted by atomic mass is 10.1. The highest BCUT2D eigenvalue weighted by molar-refractivity contribution is 6.30. The van der Waals surface area contributed by atoms with E-state index in [9.17, 15) is 4.79 Å². The van der Waals surface area contributed by atoms with Crippen molar-refractivity contribution in [1.82, 2.24) is 0 Å². The molecular formula is C8H15ClO2. The molecule has 0 rings (SSSR count). The standard InChI is InChI=1S/C8H15ClO2/c1-7(10)8(9)5-3-4-6-11-2/h8H,3-6H2,1-2H3. The van der Waals surface area contributed by atoms with Crippen LogP contribution in [-0.2, 0) is 9.53 Å². The first kappa shape index (κ1) is 10.9. The van der Waals surface area contributed by atoms with Crippen LogP contribution in [0.4, 0.5) is 0 Å². The predicted molar refractivity (Wildman–Crippen MR) is 46.0 cm³/mol. The molecule has 0 aliphatic heterocycles. The smallest absolute Gasteiger partial charge is 0.147 e. The summed E-state index contributed by atoms with van der Waals surface area (Å²) in [5.74, 6) is 0.0593. The summed E-state index contributed by atoms with van der Waals surface area (Å²) in [6.07, 6.45) is 2.70. The van der Waals surface area contributed by atoms with E-state index in [2.05, 4.69) is 0 Å². The Hall–Kier alpha value is -0.0800. The molecule has 0 aliphatic rings. The van der Waals surface area contributed by atoms with Crippen molar-refractivity contribution in [3.05, 3.63) is 0 Å². The van der Waals surface area contributed by atoms with Crippen LogP contribution in [0.3, 0.4) is 0 Å². The number of carbonyl (C=O) groups excluding carboxylic acids is 1. The third kappa shape index (κ3) is 6.32. The number of hydrogen-bond donors (Lipinski definition) is 0. The molecule has 66 valence electrons. The number of carbonyl (C=O) groups is 1. The molecule has 0 aliphatic carbocycles. The van der Waals surface area contributed by atoms with E-state index >= 15 is 0 Å². The number of unbranched alkanes of at least 4 members (excludes halogenated alkanes) is 1. The summed E-state index contributed by atoms with van der Waals surface area (Å²) < 4.78 is 4.86. The molecule has 0 spiro atoms. The van der Waals surface area contributed by atoms with Crippen LogP contribution in [0.5, 0.6) is 0 Å². The maximum atomic E-state index is 10.6. The van der Waals surface area contributed by atoms with Gasteiger partial charge in [0.05, 0.1) is 5.38 Å². The van der Waals surface area contributed by atoms with Crippen LogP contribution < -0.4 is 0 Å². The summed E-state index contributed by atoms with van der Waals surface area (Å²) in [5, 5.41) is -0.299.